The first-order valence-electron chi connectivity index (χ1n) is 6.26. The minimum absolute atomic E-state index is 0.275. The number of hydrogen-bond donors (Lipinski definition) is 2. The lowest BCUT2D eigenvalue weighted by molar-refractivity contribution is -0.131. The molecule has 0 atom stereocenters. The van der Waals surface area contributed by atoms with Crippen molar-refractivity contribution in [1.82, 2.24) is 19.9 Å². The number of amides is 1. The summed E-state index contributed by atoms with van der Waals surface area (Å²) in [4.78, 5) is 30.4. The van der Waals surface area contributed by atoms with Crippen LogP contribution in [0.5, 0.6) is 0 Å². The summed E-state index contributed by atoms with van der Waals surface area (Å²) < 4.78 is 1.85. The average Bonchev–Trinajstić information content (AvgIpc) is 2.98. The summed E-state index contributed by atoms with van der Waals surface area (Å²) in [6.45, 7) is 1.05. The highest BCUT2D eigenvalue weighted by molar-refractivity contribution is 5.98. The van der Waals surface area contributed by atoms with Crippen LogP contribution in [0.4, 0.5) is 0 Å². The Morgan fingerprint density at radius 3 is 2.90 bits per heavy atom. The standard InChI is InChI=1S/C14H14N4O3/c19-13(20)2-1-11-9-15-4-3-12(11)14(21)17-6-8-18-7-5-16-10-18/h1-5,7,9-10H,6,8H2,(H,17,21)(H,19,20). The molecular formula is C14H14N4O3. The summed E-state index contributed by atoms with van der Waals surface area (Å²) in [7, 11) is 0. The van der Waals surface area contributed by atoms with Gasteiger partial charge in [0, 0.05) is 55.1 Å². The molecular weight excluding hydrogens is 272 g/mol. The molecule has 2 rings (SSSR count). The second-order valence-electron chi connectivity index (χ2n) is 4.19. The first-order chi connectivity index (χ1) is 10.2. The van der Waals surface area contributed by atoms with E-state index in [0.29, 0.717) is 24.2 Å². The molecule has 0 fully saturated rings. The minimum atomic E-state index is -1.08. The Balaban J connectivity index is 2.00. The molecule has 2 N–H and O–H groups in total. The highest BCUT2D eigenvalue weighted by Crippen LogP contribution is 2.09. The van der Waals surface area contributed by atoms with Crippen LogP contribution in [-0.2, 0) is 11.3 Å². The maximum absolute atomic E-state index is 12.1. The molecule has 0 saturated heterocycles. The van der Waals surface area contributed by atoms with Gasteiger partial charge in [0.2, 0.25) is 0 Å². The summed E-state index contributed by atoms with van der Waals surface area (Å²) in [5, 5.41) is 11.4. The molecule has 7 heteroatoms. The third-order valence-electron chi connectivity index (χ3n) is 2.72. The number of aromatic nitrogens is 3. The van der Waals surface area contributed by atoms with Crippen molar-refractivity contribution in [3.63, 3.8) is 0 Å². The molecule has 0 aliphatic heterocycles. The summed E-state index contributed by atoms with van der Waals surface area (Å²) in [6, 6.07) is 1.55. The highest BCUT2D eigenvalue weighted by Gasteiger charge is 2.09. The second kappa shape index (κ2) is 6.99. The molecule has 0 radical (unpaired) electrons. The van der Waals surface area contributed by atoms with Gasteiger partial charge >= 0.3 is 5.97 Å². The Labute approximate surface area is 121 Å². The number of hydrogen-bond acceptors (Lipinski definition) is 4. The largest absolute Gasteiger partial charge is 0.478 e. The van der Waals surface area contributed by atoms with Crippen molar-refractivity contribution in [3.05, 3.63) is 54.4 Å². The smallest absolute Gasteiger partial charge is 0.328 e. The van der Waals surface area contributed by atoms with E-state index in [1.165, 1.54) is 18.5 Å². The van der Waals surface area contributed by atoms with E-state index in [9.17, 15) is 9.59 Å². The Morgan fingerprint density at radius 2 is 2.19 bits per heavy atom. The summed E-state index contributed by atoms with van der Waals surface area (Å²) >= 11 is 0. The fraction of sp³-hybridized carbons (Fsp3) is 0.143. The highest BCUT2D eigenvalue weighted by atomic mass is 16.4. The van der Waals surface area contributed by atoms with Crippen LogP contribution in [0.25, 0.3) is 6.08 Å². The van der Waals surface area contributed by atoms with E-state index < -0.39 is 5.97 Å². The molecule has 108 valence electrons. The van der Waals surface area contributed by atoms with Crippen LogP contribution in [0.15, 0.2) is 43.3 Å². The second-order valence-corrected chi connectivity index (χ2v) is 4.19. The molecule has 0 unspecified atom stereocenters. The molecule has 1 amide bonds. The zero-order valence-corrected chi connectivity index (χ0v) is 11.1. The van der Waals surface area contributed by atoms with E-state index in [1.54, 1.807) is 24.8 Å². The van der Waals surface area contributed by atoms with Crippen LogP contribution in [0.3, 0.4) is 0 Å². The fourth-order valence-corrected chi connectivity index (χ4v) is 1.72. The van der Waals surface area contributed by atoms with Crippen molar-refractivity contribution < 1.29 is 14.7 Å². The number of carboxylic acid groups (broad SMARTS) is 1. The number of carboxylic acids is 1. The van der Waals surface area contributed by atoms with E-state index in [2.05, 4.69) is 15.3 Å². The summed E-state index contributed by atoms with van der Waals surface area (Å²) in [5.74, 6) is -1.35. The number of carbonyl (C=O) groups excluding carboxylic acids is 1. The van der Waals surface area contributed by atoms with Gasteiger partial charge < -0.3 is 15.0 Å². The topological polar surface area (TPSA) is 97.1 Å². The van der Waals surface area contributed by atoms with Crippen LogP contribution in [0.2, 0.25) is 0 Å². The monoisotopic (exact) mass is 286 g/mol. The van der Waals surface area contributed by atoms with Gasteiger partial charge in [-0.1, -0.05) is 0 Å². The molecule has 0 saturated carbocycles. The Morgan fingerprint density at radius 1 is 1.33 bits per heavy atom. The van der Waals surface area contributed by atoms with Crippen LogP contribution in [-0.4, -0.2) is 38.1 Å². The molecule has 21 heavy (non-hydrogen) atoms. The van der Waals surface area contributed by atoms with Gasteiger partial charge in [0.1, 0.15) is 0 Å². The van der Waals surface area contributed by atoms with E-state index >= 15 is 0 Å². The number of nitrogens with zero attached hydrogens (tertiary/aromatic N) is 3. The van der Waals surface area contributed by atoms with E-state index in [-0.39, 0.29) is 5.91 Å². The number of imidazole rings is 1. The van der Waals surface area contributed by atoms with E-state index in [0.717, 1.165) is 6.08 Å². The van der Waals surface area contributed by atoms with Crippen molar-refractivity contribution in [3.8, 4) is 0 Å². The molecule has 0 aliphatic carbocycles. The van der Waals surface area contributed by atoms with Crippen LogP contribution >= 0.6 is 0 Å². The van der Waals surface area contributed by atoms with Gasteiger partial charge in [-0.2, -0.15) is 0 Å². The van der Waals surface area contributed by atoms with Gasteiger partial charge in [0.25, 0.3) is 5.91 Å². The number of pyridine rings is 1. The van der Waals surface area contributed by atoms with E-state index in [1.807, 2.05) is 4.57 Å². The lowest BCUT2D eigenvalue weighted by Crippen LogP contribution is -2.27. The summed E-state index contributed by atoms with van der Waals surface area (Å²) in [5.41, 5.74) is 0.841. The number of nitrogens with one attached hydrogen (secondary N) is 1. The minimum Gasteiger partial charge on any atom is -0.478 e. The normalized spacial score (nSPS) is 10.7. The molecule has 7 nitrogen and oxygen atoms in total. The van der Waals surface area contributed by atoms with Crippen molar-refractivity contribution in [1.29, 1.82) is 0 Å². The predicted octanol–water partition coefficient (Wildman–Crippen LogP) is 0.806. The summed E-state index contributed by atoms with van der Waals surface area (Å²) in [6.07, 6.45) is 10.4. The Kier molecular flexibility index (Phi) is 4.81. The molecule has 0 aromatic carbocycles. The molecule has 0 aliphatic rings. The van der Waals surface area contributed by atoms with Crippen molar-refractivity contribution >= 4 is 18.0 Å². The van der Waals surface area contributed by atoms with Gasteiger partial charge in [-0.05, 0) is 12.1 Å². The Hall–Kier alpha value is -2.96. The van der Waals surface area contributed by atoms with Crippen LogP contribution in [0.1, 0.15) is 15.9 Å². The van der Waals surface area contributed by atoms with Crippen molar-refractivity contribution in [2.24, 2.45) is 0 Å². The zero-order valence-electron chi connectivity index (χ0n) is 11.1. The van der Waals surface area contributed by atoms with Gasteiger partial charge in [-0.15, -0.1) is 0 Å². The van der Waals surface area contributed by atoms with Gasteiger partial charge in [0.15, 0.2) is 0 Å². The average molecular weight is 286 g/mol. The van der Waals surface area contributed by atoms with Crippen molar-refractivity contribution in [2.45, 2.75) is 6.54 Å². The molecule has 2 aromatic rings. The Bertz CT molecular complexity index is 650. The van der Waals surface area contributed by atoms with Crippen LogP contribution < -0.4 is 5.32 Å². The third kappa shape index (κ3) is 4.27. The molecule has 0 bridgehead atoms. The maximum atomic E-state index is 12.1. The molecule has 2 aromatic heterocycles. The lowest BCUT2D eigenvalue weighted by atomic mass is 10.1. The number of aliphatic carboxylic acids is 1. The molecule has 0 spiro atoms. The fourth-order valence-electron chi connectivity index (χ4n) is 1.72. The zero-order chi connectivity index (χ0) is 15.1. The molecule has 2 heterocycles. The predicted molar refractivity (Wildman–Crippen MR) is 75.5 cm³/mol. The number of carbonyl (C=O) groups is 2. The SMILES string of the molecule is O=C(O)C=Cc1cnccc1C(=O)NCCn1ccnc1. The van der Waals surface area contributed by atoms with Gasteiger partial charge in [-0.25, -0.2) is 9.78 Å². The quantitative estimate of drug-likeness (QED) is 0.766. The first-order valence-corrected chi connectivity index (χ1v) is 6.26. The van der Waals surface area contributed by atoms with Gasteiger partial charge in [0.05, 0.1) is 6.33 Å². The van der Waals surface area contributed by atoms with Gasteiger partial charge in [-0.3, -0.25) is 9.78 Å². The lowest BCUT2D eigenvalue weighted by Gasteiger charge is -2.07. The maximum Gasteiger partial charge on any atom is 0.328 e. The number of rotatable bonds is 6. The van der Waals surface area contributed by atoms with Crippen molar-refractivity contribution in [2.75, 3.05) is 6.54 Å². The van der Waals surface area contributed by atoms with Crippen LogP contribution in [0, 0.1) is 0 Å². The van der Waals surface area contributed by atoms with E-state index in [4.69, 9.17) is 5.11 Å². The third-order valence-corrected chi connectivity index (χ3v) is 2.72. The first kappa shape index (κ1) is 14.4.